The molecule has 11 heteroatoms. The van der Waals surface area contributed by atoms with E-state index in [1.807, 2.05) is 12.1 Å². The number of hydrogen-bond donors (Lipinski definition) is 1. The lowest BCUT2D eigenvalue weighted by molar-refractivity contribution is 0.0905. The molecule has 4 rings (SSSR count). The smallest absolute Gasteiger partial charge is 0.329 e. The summed E-state index contributed by atoms with van der Waals surface area (Å²) in [4.78, 5) is 2.33. The number of halogens is 2. The molecule has 190 valence electrons. The second kappa shape index (κ2) is 11.3. The van der Waals surface area contributed by atoms with E-state index in [-0.39, 0.29) is 18.1 Å². The van der Waals surface area contributed by atoms with Crippen LogP contribution in [0.25, 0.3) is 0 Å². The summed E-state index contributed by atoms with van der Waals surface area (Å²) in [6.07, 6.45) is 5.18. The number of methoxy groups -OCH3 is 1. The van der Waals surface area contributed by atoms with Gasteiger partial charge in [0, 0.05) is 49.1 Å². The van der Waals surface area contributed by atoms with Crippen molar-refractivity contribution in [3.8, 4) is 11.5 Å². The Hall–Kier alpha value is -0.440. The van der Waals surface area contributed by atoms with Crippen molar-refractivity contribution in [2.45, 2.75) is 37.0 Å². The van der Waals surface area contributed by atoms with Crippen LogP contribution in [0.3, 0.4) is 0 Å². The molecule has 7 nitrogen and oxygen atoms in total. The summed E-state index contributed by atoms with van der Waals surface area (Å²) in [7, 11) is 3.80. The third kappa shape index (κ3) is 5.03. The van der Waals surface area contributed by atoms with E-state index in [0.29, 0.717) is 37.0 Å². The molecule has 0 aromatic heterocycles. The number of hydrogen-bond acceptors (Lipinski definition) is 7. The number of alkyl halides is 2. The van der Waals surface area contributed by atoms with Crippen molar-refractivity contribution in [2.24, 2.45) is 0 Å². The average molecular weight is 551 g/mol. The van der Waals surface area contributed by atoms with Crippen LogP contribution in [0.4, 0.5) is 0 Å². The van der Waals surface area contributed by atoms with Crippen LogP contribution in [0.2, 0.25) is 0 Å². The molecule has 2 heterocycles. The van der Waals surface area contributed by atoms with E-state index >= 15 is 0 Å². The average Bonchev–Trinajstić information content (AvgIpc) is 3.08. The number of aliphatic hydroxyl groups excluding tert-OH is 1. The normalized spacial score (nSPS) is 27.6. The Balaban J connectivity index is 1.65. The minimum absolute atomic E-state index is 0.0889. The van der Waals surface area contributed by atoms with Gasteiger partial charge in [0.05, 0.1) is 25.2 Å². The standard InChI is InChI=1S/C23H33Cl2N2O5PS/c1-26-10-7-23-6-5-18(32-33(29,34-14-13-28)27(11-8-24)12-9-25)15-20(23)31-22-19(30-2)4-3-17(16-26)21(22)23/h3-6,18,20,28H,7-16H2,1-2H3/t18?,20-,23-,33?/m1/s1. The summed E-state index contributed by atoms with van der Waals surface area (Å²) >= 11 is 13.1. The van der Waals surface area contributed by atoms with E-state index in [4.69, 9.17) is 37.2 Å². The van der Waals surface area contributed by atoms with Crippen LogP contribution < -0.4 is 9.47 Å². The molecule has 1 aromatic carbocycles. The molecule has 0 fully saturated rings. The zero-order valence-corrected chi connectivity index (χ0v) is 22.8. The highest BCUT2D eigenvalue weighted by Crippen LogP contribution is 2.64. The zero-order valence-electron chi connectivity index (χ0n) is 19.6. The van der Waals surface area contributed by atoms with E-state index < -0.39 is 12.8 Å². The minimum atomic E-state index is -3.34. The quantitative estimate of drug-likeness (QED) is 0.245. The lowest BCUT2D eigenvalue weighted by atomic mass is 9.69. The summed E-state index contributed by atoms with van der Waals surface area (Å²) in [6, 6.07) is 4.12. The summed E-state index contributed by atoms with van der Waals surface area (Å²) in [5.41, 5.74) is 2.19. The Morgan fingerprint density at radius 2 is 2.12 bits per heavy atom. The molecule has 0 amide bonds. The van der Waals surface area contributed by atoms with Crippen LogP contribution in [0.1, 0.15) is 24.0 Å². The molecule has 0 radical (unpaired) electrons. The molecular weight excluding hydrogens is 518 g/mol. The predicted octanol–water partition coefficient (Wildman–Crippen LogP) is 4.49. The lowest BCUT2D eigenvalue weighted by Crippen LogP contribution is -2.43. The summed E-state index contributed by atoms with van der Waals surface area (Å²) in [5, 5.41) is 9.38. The van der Waals surface area contributed by atoms with Crippen molar-refractivity contribution in [3.05, 3.63) is 35.4 Å². The van der Waals surface area contributed by atoms with Gasteiger partial charge in [-0.05, 0) is 31.6 Å². The number of ether oxygens (including phenoxy) is 2. The third-order valence-electron chi connectivity index (χ3n) is 6.78. The highest BCUT2D eigenvalue weighted by atomic mass is 35.5. The first-order valence-electron chi connectivity index (χ1n) is 11.6. The molecule has 2 aliphatic heterocycles. The van der Waals surface area contributed by atoms with Gasteiger partial charge in [-0.2, -0.15) is 0 Å². The summed E-state index contributed by atoms with van der Waals surface area (Å²) in [6.45, 7) is -0.843. The highest BCUT2D eigenvalue weighted by molar-refractivity contribution is 8.55. The second-order valence-corrected chi connectivity index (χ2v) is 14.2. The van der Waals surface area contributed by atoms with Gasteiger partial charge in [0.1, 0.15) is 6.10 Å². The molecule has 0 saturated carbocycles. The Morgan fingerprint density at radius 1 is 1.35 bits per heavy atom. The molecule has 1 aromatic rings. The maximum atomic E-state index is 14.0. The molecule has 1 aliphatic carbocycles. The predicted molar refractivity (Wildman–Crippen MR) is 139 cm³/mol. The fourth-order valence-electron chi connectivity index (χ4n) is 5.20. The van der Waals surface area contributed by atoms with Crippen LogP contribution in [0, 0.1) is 0 Å². The van der Waals surface area contributed by atoms with Gasteiger partial charge in [-0.3, -0.25) is 4.57 Å². The maximum absolute atomic E-state index is 14.0. The van der Waals surface area contributed by atoms with Gasteiger partial charge in [0.25, 0.3) is 0 Å². The van der Waals surface area contributed by atoms with Crippen molar-refractivity contribution < 1.29 is 23.7 Å². The first-order chi connectivity index (χ1) is 16.4. The fraction of sp³-hybridized carbons (Fsp3) is 0.652. The van der Waals surface area contributed by atoms with Gasteiger partial charge in [-0.1, -0.05) is 29.6 Å². The summed E-state index contributed by atoms with van der Waals surface area (Å²) < 4.78 is 34.2. The molecule has 0 saturated heterocycles. The molecule has 1 spiro atoms. The SMILES string of the molecule is COc1ccc2c3c1O[C@@H]1CC(OP(=O)(SCCO)N(CCCl)CCCl)C=C[C@]31CCN(C)C2. The van der Waals surface area contributed by atoms with Crippen molar-refractivity contribution >= 4 is 41.3 Å². The van der Waals surface area contributed by atoms with Gasteiger partial charge in [0.15, 0.2) is 11.5 Å². The van der Waals surface area contributed by atoms with Gasteiger partial charge in [0.2, 0.25) is 0 Å². The first-order valence-corrected chi connectivity index (χ1v) is 15.8. The number of benzene rings is 1. The largest absolute Gasteiger partial charge is 0.493 e. The van der Waals surface area contributed by atoms with Gasteiger partial charge < -0.3 is 24.0 Å². The van der Waals surface area contributed by atoms with Crippen LogP contribution in [-0.4, -0.2) is 84.8 Å². The number of rotatable bonds is 11. The van der Waals surface area contributed by atoms with Crippen LogP contribution in [0.15, 0.2) is 24.3 Å². The van der Waals surface area contributed by atoms with Crippen molar-refractivity contribution in [1.82, 2.24) is 9.57 Å². The fourth-order valence-corrected chi connectivity index (χ4v) is 10.1. The van der Waals surface area contributed by atoms with Crippen LogP contribution in [0.5, 0.6) is 11.5 Å². The Labute approximate surface area is 215 Å². The van der Waals surface area contributed by atoms with E-state index in [0.717, 1.165) is 42.4 Å². The molecule has 34 heavy (non-hydrogen) atoms. The Kier molecular flexibility index (Phi) is 8.85. The minimum Gasteiger partial charge on any atom is -0.493 e. The van der Waals surface area contributed by atoms with Crippen LogP contribution in [-0.2, 0) is 21.0 Å². The van der Waals surface area contributed by atoms with Crippen LogP contribution >= 0.6 is 41.3 Å². The highest BCUT2D eigenvalue weighted by Gasteiger charge is 2.53. The Bertz CT molecular complexity index is 948. The van der Waals surface area contributed by atoms with Crippen molar-refractivity contribution in [2.75, 3.05) is 57.9 Å². The number of aliphatic hydroxyl groups is 1. The van der Waals surface area contributed by atoms with E-state index in [1.54, 1.807) is 11.8 Å². The monoisotopic (exact) mass is 550 g/mol. The van der Waals surface area contributed by atoms with Gasteiger partial charge in [-0.15, -0.1) is 23.2 Å². The molecule has 1 N–H and O–H groups in total. The van der Waals surface area contributed by atoms with Crippen molar-refractivity contribution in [1.29, 1.82) is 0 Å². The van der Waals surface area contributed by atoms with Gasteiger partial charge >= 0.3 is 6.72 Å². The molecule has 4 atom stereocenters. The summed E-state index contributed by atoms with van der Waals surface area (Å²) in [5.74, 6) is 2.48. The first kappa shape index (κ1) is 26.6. The topological polar surface area (TPSA) is 71.5 Å². The van der Waals surface area contributed by atoms with E-state index in [1.165, 1.54) is 11.1 Å². The van der Waals surface area contributed by atoms with Crippen molar-refractivity contribution in [3.63, 3.8) is 0 Å². The molecular formula is C23H33Cl2N2O5PS. The zero-order chi connectivity index (χ0) is 24.3. The molecule has 3 aliphatic rings. The lowest BCUT2D eigenvalue weighted by Gasteiger charge is -2.39. The molecule has 2 unspecified atom stereocenters. The van der Waals surface area contributed by atoms with Gasteiger partial charge in [-0.25, -0.2) is 4.67 Å². The number of nitrogens with zero attached hydrogens (tertiary/aromatic N) is 2. The Morgan fingerprint density at radius 3 is 2.79 bits per heavy atom. The molecule has 0 bridgehead atoms. The van der Waals surface area contributed by atoms with E-state index in [9.17, 15) is 9.67 Å². The second-order valence-electron chi connectivity index (χ2n) is 8.86. The van der Waals surface area contributed by atoms with E-state index in [2.05, 4.69) is 24.1 Å². The third-order valence-corrected chi connectivity index (χ3v) is 11.9. The maximum Gasteiger partial charge on any atom is 0.329 e.